The third kappa shape index (κ3) is 3.26. The number of amides is 1. The van der Waals surface area contributed by atoms with Crippen molar-refractivity contribution >= 4 is 6.09 Å². The summed E-state index contributed by atoms with van der Waals surface area (Å²) >= 11 is 0. The number of nitrogens with zero attached hydrogens (tertiary/aromatic N) is 1. The van der Waals surface area contributed by atoms with Gasteiger partial charge >= 0.3 is 6.09 Å². The zero-order valence-corrected chi connectivity index (χ0v) is 14.2. The standard InChI is InChI=1S/C21H22FNO2/c22-18-10-8-17(9-11-18)20-19-7-2-1-6-16(19)12-13-23(20)21(24)25-14-15-4-3-5-15/h1-2,6-11,15,20H,3-5,12-14H2/t20-/m0/s1. The normalized spacial score (nSPS) is 19.9. The first-order chi connectivity index (χ1) is 12.2. The van der Waals surface area contributed by atoms with Gasteiger partial charge in [-0.15, -0.1) is 0 Å². The summed E-state index contributed by atoms with van der Waals surface area (Å²) < 4.78 is 18.9. The molecule has 1 amide bonds. The van der Waals surface area contributed by atoms with Gasteiger partial charge in [-0.05, 0) is 54.0 Å². The van der Waals surface area contributed by atoms with E-state index in [-0.39, 0.29) is 18.0 Å². The monoisotopic (exact) mass is 339 g/mol. The van der Waals surface area contributed by atoms with Crippen LogP contribution in [0, 0.1) is 11.7 Å². The van der Waals surface area contributed by atoms with E-state index in [1.807, 2.05) is 12.1 Å². The fourth-order valence-corrected chi connectivity index (χ4v) is 3.70. The highest BCUT2D eigenvalue weighted by Crippen LogP contribution is 2.36. The van der Waals surface area contributed by atoms with Gasteiger partial charge in [0.05, 0.1) is 12.6 Å². The van der Waals surface area contributed by atoms with Crippen LogP contribution in [0.25, 0.3) is 0 Å². The molecule has 130 valence electrons. The van der Waals surface area contributed by atoms with Crippen LogP contribution in [0.15, 0.2) is 48.5 Å². The first kappa shape index (κ1) is 16.1. The SMILES string of the molecule is O=C(OCC1CCC1)N1CCc2ccccc2[C@@H]1c1ccc(F)cc1. The highest BCUT2D eigenvalue weighted by Gasteiger charge is 2.33. The summed E-state index contributed by atoms with van der Waals surface area (Å²) in [5.41, 5.74) is 3.25. The lowest BCUT2D eigenvalue weighted by Crippen LogP contribution is -2.41. The number of hydrogen-bond acceptors (Lipinski definition) is 2. The molecule has 0 N–H and O–H groups in total. The molecule has 1 aliphatic carbocycles. The Bertz CT molecular complexity index is 755. The quantitative estimate of drug-likeness (QED) is 0.810. The van der Waals surface area contributed by atoms with Crippen LogP contribution in [0.5, 0.6) is 0 Å². The van der Waals surface area contributed by atoms with E-state index in [0.29, 0.717) is 19.1 Å². The van der Waals surface area contributed by atoms with Gasteiger partial charge in [0.15, 0.2) is 0 Å². The molecule has 1 fully saturated rings. The number of benzene rings is 2. The molecule has 3 nitrogen and oxygen atoms in total. The summed E-state index contributed by atoms with van der Waals surface area (Å²) in [6.45, 7) is 1.12. The van der Waals surface area contributed by atoms with Gasteiger partial charge in [-0.2, -0.15) is 0 Å². The second-order valence-electron chi connectivity index (χ2n) is 6.97. The molecular weight excluding hydrogens is 317 g/mol. The van der Waals surface area contributed by atoms with Crippen LogP contribution in [0.4, 0.5) is 9.18 Å². The molecule has 0 saturated heterocycles. The van der Waals surface area contributed by atoms with Gasteiger partial charge in [-0.25, -0.2) is 9.18 Å². The molecule has 0 bridgehead atoms. The third-order valence-electron chi connectivity index (χ3n) is 5.37. The predicted molar refractivity (Wildman–Crippen MR) is 93.8 cm³/mol. The number of fused-ring (bicyclic) bond motifs is 1. The van der Waals surface area contributed by atoms with Gasteiger partial charge in [-0.3, -0.25) is 4.90 Å². The summed E-state index contributed by atoms with van der Waals surface area (Å²) in [7, 11) is 0. The summed E-state index contributed by atoms with van der Waals surface area (Å²) in [4.78, 5) is 14.5. The molecule has 25 heavy (non-hydrogen) atoms. The van der Waals surface area contributed by atoms with Crippen LogP contribution < -0.4 is 0 Å². The number of carbonyl (C=O) groups excluding carboxylic acids is 1. The average molecular weight is 339 g/mol. The highest BCUT2D eigenvalue weighted by atomic mass is 19.1. The number of halogens is 1. The summed E-state index contributed by atoms with van der Waals surface area (Å²) in [5, 5.41) is 0. The van der Waals surface area contributed by atoms with Crippen molar-refractivity contribution in [2.75, 3.05) is 13.2 Å². The van der Waals surface area contributed by atoms with Crippen molar-refractivity contribution in [1.29, 1.82) is 0 Å². The first-order valence-electron chi connectivity index (χ1n) is 8.99. The molecule has 4 heteroatoms. The van der Waals surface area contributed by atoms with Crippen LogP contribution in [0.3, 0.4) is 0 Å². The fraction of sp³-hybridized carbons (Fsp3) is 0.381. The molecule has 4 rings (SSSR count). The van der Waals surface area contributed by atoms with E-state index < -0.39 is 0 Å². The minimum Gasteiger partial charge on any atom is -0.449 e. The van der Waals surface area contributed by atoms with E-state index >= 15 is 0 Å². The Morgan fingerprint density at radius 1 is 1.12 bits per heavy atom. The second-order valence-corrected chi connectivity index (χ2v) is 6.97. The van der Waals surface area contributed by atoms with Crippen molar-refractivity contribution < 1.29 is 13.9 Å². The Morgan fingerprint density at radius 3 is 2.60 bits per heavy atom. The molecule has 2 aromatic carbocycles. The number of ether oxygens (including phenoxy) is 1. The molecule has 2 aromatic rings. The molecule has 0 spiro atoms. The molecule has 1 aliphatic heterocycles. The lowest BCUT2D eigenvalue weighted by molar-refractivity contribution is 0.0624. The van der Waals surface area contributed by atoms with Crippen LogP contribution >= 0.6 is 0 Å². The highest BCUT2D eigenvalue weighted by molar-refractivity contribution is 5.70. The van der Waals surface area contributed by atoms with Crippen LogP contribution in [0.1, 0.15) is 42.0 Å². The van der Waals surface area contributed by atoms with Crippen LogP contribution in [-0.4, -0.2) is 24.1 Å². The van der Waals surface area contributed by atoms with E-state index in [9.17, 15) is 9.18 Å². The Balaban J connectivity index is 1.62. The summed E-state index contributed by atoms with van der Waals surface area (Å²) in [6.07, 6.45) is 4.08. The van der Waals surface area contributed by atoms with E-state index in [1.165, 1.54) is 24.1 Å². The number of hydrogen-bond donors (Lipinski definition) is 0. The Kier molecular flexibility index (Phi) is 4.43. The predicted octanol–water partition coefficient (Wildman–Crippen LogP) is 4.71. The number of rotatable bonds is 3. The molecular formula is C21H22FNO2. The number of carbonyl (C=O) groups is 1. The van der Waals surface area contributed by atoms with Crippen molar-refractivity contribution in [3.05, 3.63) is 71.0 Å². The smallest absolute Gasteiger partial charge is 0.410 e. The molecule has 0 radical (unpaired) electrons. The van der Waals surface area contributed by atoms with Gasteiger partial charge < -0.3 is 4.74 Å². The van der Waals surface area contributed by atoms with Gasteiger partial charge in [-0.1, -0.05) is 42.8 Å². The molecule has 0 aromatic heterocycles. The van der Waals surface area contributed by atoms with Crippen molar-refractivity contribution in [1.82, 2.24) is 4.90 Å². The fourth-order valence-electron chi connectivity index (χ4n) is 3.70. The summed E-state index contributed by atoms with van der Waals surface area (Å²) in [5.74, 6) is 0.247. The Hall–Kier alpha value is -2.36. The Morgan fingerprint density at radius 2 is 1.88 bits per heavy atom. The van der Waals surface area contributed by atoms with Crippen molar-refractivity contribution in [2.24, 2.45) is 5.92 Å². The first-order valence-corrected chi connectivity index (χ1v) is 8.99. The van der Waals surface area contributed by atoms with Gasteiger partial charge in [0, 0.05) is 6.54 Å². The van der Waals surface area contributed by atoms with Gasteiger partial charge in [0.25, 0.3) is 0 Å². The van der Waals surface area contributed by atoms with Crippen LogP contribution in [0.2, 0.25) is 0 Å². The van der Waals surface area contributed by atoms with E-state index in [0.717, 1.165) is 30.4 Å². The molecule has 0 unspecified atom stereocenters. The molecule has 1 heterocycles. The lowest BCUT2D eigenvalue weighted by Gasteiger charge is -2.37. The van der Waals surface area contributed by atoms with Crippen LogP contribution in [-0.2, 0) is 11.2 Å². The van der Waals surface area contributed by atoms with Gasteiger partial charge in [0.1, 0.15) is 5.82 Å². The minimum atomic E-state index is -0.271. The molecule has 1 atom stereocenters. The maximum absolute atomic E-state index is 13.4. The lowest BCUT2D eigenvalue weighted by atomic mass is 9.86. The molecule has 2 aliphatic rings. The zero-order valence-electron chi connectivity index (χ0n) is 14.2. The van der Waals surface area contributed by atoms with Crippen molar-refractivity contribution in [2.45, 2.75) is 31.7 Å². The third-order valence-corrected chi connectivity index (χ3v) is 5.37. The second kappa shape index (κ2) is 6.87. The van der Waals surface area contributed by atoms with Crippen molar-refractivity contribution in [3.63, 3.8) is 0 Å². The minimum absolute atomic E-state index is 0.223. The molecule has 1 saturated carbocycles. The average Bonchev–Trinajstić information content (AvgIpc) is 2.60. The zero-order chi connectivity index (χ0) is 17.2. The maximum atomic E-state index is 13.4. The van der Waals surface area contributed by atoms with Crippen molar-refractivity contribution in [3.8, 4) is 0 Å². The van der Waals surface area contributed by atoms with Gasteiger partial charge in [0.2, 0.25) is 0 Å². The van der Waals surface area contributed by atoms with E-state index in [1.54, 1.807) is 17.0 Å². The van der Waals surface area contributed by atoms with E-state index in [2.05, 4.69) is 12.1 Å². The van der Waals surface area contributed by atoms with E-state index in [4.69, 9.17) is 4.74 Å². The maximum Gasteiger partial charge on any atom is 0.410 e. The Labute approximate surface area is 147 Å². The largest absolute Gasteiger partial charge is 0.449 e. The topological polar surface area (TPSA) is 29.5 Å². The summed E-state index contributed by atoms with van der Waals surface area (Å²) in [6, 6.07) is 14.3.